The summed E-state index contributed by atoms with van der Waals surface area (Å²) in [5.74, 6) is 0.459. The quantitative estimate of drug-likeness (QED) is 0.768. The van der Waals surface area contributed by atoms with Gasteiger partial charge >= 0.3 is 6.03 Å². The van der Waals surface area contributed by atoms with Crippen molar-refractivity contribution >= 4 is 16.8 Å². The summed E-state index contributed by atoms with van der Waals surface area (Å²) in [6.45, 7) is 1.01. The summed E-state index contributed by atoms with van der Waals surface area (Å²) in [5.41, 5.74) is 1.10. The predicted molar refractivity (Wildman–Crippen MR) is 87.5 cm³/mol. The second-order valence-electron chi connectivity index (χ2n) is 5.94. The van der Waals surface area contributed by atoms with Crippen molar-refractivity contribution in [2.24, 2.45) is 5.92 Å². The van der Waals surface area contributed by atoms with E-state index in [1.165, 1.54) is 5.39 Å². The van der Waals surface area contributed by atoms with E-state index < -0.39 is 0 Å². The van der Waals surface area contributed by atoms with E-state index >= 15 is 0 Å². The molecule has 2 aromatic rings. The van der Waals surface area contributed by atoms with Crippen LogP contribution in [0, 0.1) is 5.92 Å². The maximum absolute atomic E-state index is 11.8. The van der Waals surface area contributed by atoms with Crippen LogP contribution in [-0.4, -0.2) is 23.8 Å². The fourth-order valence-electron chi connectivity index (χ4n) is 2.73. The average Bonchev–Trinajstić information content (AvgIpc) is 3.37. The first-order chi connectivity index (χ1) is 10.7. The third-order valence-electron chi connectivity index (χ3n) is 4.21. The van der Waals surface area contributed by atoms with Crippen molar-refractivity contribution in [1.82, 2.24) is 10.6 Å². The van der Waals surface area contributed by atoms with E-state index in [-0.39, 0.29) is 12.1 Å². The third-order valence-corrected chi connectivity index (χ3v) is 4.21. The number of hydrogen-bond acceptors (Lipinski definition) is 2. The lowest BCUT2D eigenvalue weighted by molar-refractivity contribution is 0.141. The van der Waals surface area contributed by atoms with Gasteiger partial charge in [0.2, 0.25) is 0 Å². The van der Waals surface area contributed by atoms with Crippen molar-refractivity contribution in [2.75, 3.05) is 6.54 Å². The Balaban J connectivity index is 1.47. The Morgan fingerprint density at radius 3 is 2.73 bits per heavy atom. The highest BCUT2D eigenvalue weighted by Crippen LogP contribution is 2.33. The lowest BCUT2D eigenvalue weighted by Gasteiger charge is -2.12. The first-order valence-corrected chi connectivity index (χ1v) is 7.90. The number of nitrogens with one attached hydrogen (secondary N) is 2. The zero-order chi connectivity index (χ0) is 15.4. The summed E-state index contributed by atoms with van der Waals surface area (Å²) in [5, 5.41) is 17.8. The van der Waals surface area contributed by atoms with Gasteiger partial charge in [0.1, 0.15) is 0 Å². The van der Waals surface area contributed by atoms with Gasteiger partial charge in [-0.1, -0.05) is 42.5 Å². The number of urea groups is 1. The molecule has 1 saturated carbocycles. The van der Waals surface area contributed by atoms with E-state index in [9.17, 15) is 9.90 Å². The van der Waals surface area contributed by atoms with Crippen molar-refractivity contribution in [2.45, 2.75) is 31.9 Å². The Kier molecular flexibility index (Phi) is 4.59. The van der Waals surface area contributed by atoms with E-state index in [2.05, 4.69) is 28.8 Å². The second-order valence-corrected chi connectivity index (χ2v) is 5.94. The zero-order valence-electron chi connectivity index (χ0n) is 12.6. The van der Waals surface area contributed by atoms with E-state index in [0.717, 1.165) is 23.8 Å². The number of benzene rings is 2. The number of hydrogen-bond donors (Lipinski definition) is 3. The Bertz CT molecular complexity index is 647. The summed E-state index contributed by atoms with van der Waals surface area (Å²) in [6, 6.07) is 14.1. The number of carbonyl (C=O) groups excluding carboxylic acids is 1. The summed E-state index contributed by atoms with van der Waals surface area (Å²) < 4.78 is 0. The van der Waals surface area contributed by atoms with Crippen LogP contribution in [0.5, 0.6) is 0 Å². The van der Waals surface area contributed by atoms with Crippen LogP contribution in [-0.2, 0) is 6.54 Å². The maximum atomic E-state index is 11.8. The van der Waals surface area contributed by atoms with E-state index in [1.54, 1.807) is 0 Å². The minimum absolute atomic E-state index is 0.184. The molecule has 0 aliphatic heterocycles. The van der Waals surface area contributed by atoms with Gasteiger partial charge in [-0.05, 0) is 41.5 Å². The summed E-state index contributed by atoms with van der Waals surface area (Å²) in [4.78, 5) is 11.8. The number of aliphatic hydroxyl groups is 1. The third kappa shape index (κ3) is 3.77. The molecule has 22 heavy (non-hydrogen) atoms. The predicted octanol–water partition coefficient (Wildman–Crippen LogP) is 2.80. The van der Waals surface area contributed by atoms with Gasteiger partial charge in [-0.15, -0.1) is 0 Å². The van der Waals surface area contributed by atoms with Crippen LogP contribution in [0.25, 0.3) is 10.8 Å². The normalized spacial score (nSPS) is 15.5. The van der Waals surface area contributed by atoms with E-state index in [1.807, 2.05) is 24.3 Å². The number of rotatable bonds is 6. The number of carbonyl (C=O) groups is 1. The minimum atomic E-state index is -0.265. The van der Waals surface area contributed by atoms with Gasteiger partial charge in [-0.3, -0.25) is 0 Å². The topological polar surface area (TPSA) is 61.4 Å². The minimum Gasteiger partial charge on any atom is -0.393 e. The van der Waals surface area contributed by atoms with Gasteiger partial charge in [0.05, 0.1) is 6.10 Å². The van der Waals surface area contributed by atoms with Crippen LogP contribution in [0.15, 0.2) is 42.5 Å². The smallest absolute Gasteiger partial charge is 0.315 e. The molecule has 1 atom stereocenters. The average molecular weight is 298 g/mol. The van der Waals surface area contributed by atoms with Crippen molar-refractivity contribution in [1.29, 1.82) is 0 Å². The highest BCUT2D eigenvalue weighted by Gasteiger charge is 2.29. The van der Waals surface area contributed by atoms with Crippen LogP contribution in [0.3, 0.4) is 0 Å². The lowest BCUT2D eigenvalue weighted by Crippen LogP contribution is -2.36. The molecule has 0 radical (unpaired) electrons. The van der Waals surface area contributed by atoms with Crippen molar-refractivity contribution in [3.63, 3.8) is 0 Å². The fraction of sp³-hybridized carbons (Fsp3) is 0.389. The first-order valence-electron chi connectivity index (χ1n) is 7.90. The van der Waals surface area contributed by atoms with Gasteiger partial charge in [0, 0.05) is 13.1 Å². The monoisotopic (exact) mass is 298 g/mol. The summed E-state index contributed by atoms with van der Waals surface area (Å²) in [7, 11) is 0. The lowest BCUT2D eigenvalue weighted by atomic mass is 10.0. The largest absolute Gasteiger partial charge is 0.393 e. The van der Waals surface area contributed by atoms with E-state index in [4.69, 9.17) is 0 Å². The van der Waals surface area contributed by atoms with Crippen molar-refractivity contribution < 1.29 is 9.90 Å². The second kappa shape index (κ2) is 6.79. The molecule has 2 amide bonds. The molecule has 0 saturated heterocycles. The standard InChI is InChI=1S/C18H22N2O2/c21-17(14-8-9-14)10-11-19-18(22)20-12-15-6-3-5-13-4-1-2-7-16(13)15/h1-7,14,17,21H,8-12H2,(H2,19,20,22)/t17-/m1/s1. The number of amides is 2. The van der Waals surface area contributed by atoms with Crippen LogP contribution >= 0.6 is 0 Å². The van der Waals surface area contributed by atoms with Gasteiger partial charge in [0.25, 0.3) is 0 Å². The molecule has 2 aromatic carbocycles. The first kappa shape index (κ1) is 14.9. The Morgan fingerprint density at radius 2 is 1.91 bits per heavy atom. The van der Waals surface area contributed by atoms with Gasteiger partial charge in [-0.2, -0.15) is 0 Å². The molecule has 0 aromatic heterocycles. The van der Waals surface area contributed by atoms with Crippen LogP contribution < -0.4 is 10.6 Å². The van der Waals surface area contributed by atoms with Crippen LogP contribution in [0.4, 0.5) is 4.79 Å². The molecule has 3 rings (SSSR count). The van der Waals surface area contributed by atoms with Gasteiger partial charge in [0.15, 0.2) is 0 Å². The molecular formula is C18H22N2O2. The highest BCUT2D eigenvalue weighted by molar-refractivity contribution is 5.86. The van der Waals surface area contributed by atoms with Crippen molar-refractivity contribution in [3.05, 3.63) is 48.0 Å². The van der Waals surface area contributed by atoms with Gasteiger partial charge in [-0.25, -0.2) is 4.79 Å². The van der Waals surface area contributed by atoms with Gasteiger partial charge < -0.3 is 15.7 Å². The molecule has 3 N–H and O–H groups in total. The Morgan fingerprint density at radius 1 is 1.14 bits per heavy atom. The molecule has 4 nitrogen and oxygen atoms in total. The summed E-state index contributed by atoms with van der Waals surface area (Å²) in [6.07, 6.45) is 2.60. The molecule has 1 aliphatic rings. The maximum Gasteiger partial charge on any atom is 0.315 e. The molecular weight excluding hydrogens is 276 g/mol. The molecule has 0 bridgehead atoms. The molecule has 0 heterocycles. The summed E-state index contributed by atoms with van der Waals surface area (Å²) >= 11 is 0. The molecule has 4 heteroatoms. The van der Waals surface area contributed by atoms with E-state index in [0.29, 0.717) is 25.4 Å². The zero-order valence-corrected chi connectivity index (χ0v) is 12.6. The number of aliphatic hydroxyl groups excluding tert-OH is 1. The van der Waals surface area contributed by atoms with Crippen molar-refractivity contribution in [3.8, 4) is 0 Å². The molecule has 116 valence electrons. The fourth-order valence-corrected chi connectivity index (χ4v) is 2.73. The van der Waals surface area contributed by atoms with Crippen LogP contribution in [0.1, 0.15) is 24.8 Å². The Hall–Kier alpha value is -2.07. The SMILES string of the molecule is O=C(NCC[C@@H](O)C1CC1)NCc1cccc2ccccc12. The molecule has 1 aliphatic carbocycles. The highest BCUT2D eigenvalue weighted by atomic mass is 16.3. The van der Waals surface area contributed by atoms with Crippen LogP contribution in [0.2, 0.25) is 0 Å². The number of fused-ring (bicyclic) bond motifs is 1. The molecule has 0 spiro atoms. The molecule has 1 fully saturated rings. The molecule has 0 unspecified atom stereocenters. The Labute approximate surface area is 130 Å².